The van der Waals surface area contributed by atoms with Crippen LogP contribution in [0.4, 0.5) is 0 Å². The minimum atomic E-state index is 0.238. The van der Waals surface area contributed by atoms with Gasteiger partial charge in [0.25, 0.3) is 0 Å². The van der Waals surface area contributed by atoms with Gasteiger partial charge >= 0.3 is 0 Å². The quantitative estimate of drug-likeness (QED) is 0.860. The van der Waals surface area contributed by atoms with E-state index in [1.54, 1.807) is 0 Å². The van der Waals surface area contributed by atoms with Gasteiger partial charge in [0, 0.05) is 18.0 Å². The lowest BCUT2D eigenvalue weighted by molar-refractivity contribution is 0.165. The molecule has 126 valence electrons. The van der Waals surface area contributed by atoms with Crippen LogP contribution in [0.15, 0.2) is 22.7 Å². The zero-order chi connectivity index (χ0) is 15.9. The van der Waals surface area contributed by atoms with E-state index in [0.29, 0.717) is 19.1 Å². The topological polar surface area (TPSA) is 60.6 Å². The number of likely N-dealkylation sites (tertiary alicyclic amines) is 1. The van der Waals surface area contributed by atoms with Crippen LogP contribution in [0.3, 0.4) is 0 Å². The summed E-state index contributed by atoms with van der Waals surface area (Å²) in [6.07, 6.45) is 4.60. The Morgan fingerprint density at radius 2 is 2.04 bits per heavy atom. The van der Waals surface area contributed by atoms with Gasteiger partial charge in [-0.2, -0.15) is 4.98 Å². The molecule has 0 N–H and O–H groups in total. The Labute approximate surface area is 140 Å². The van der Waals surface area contributed by atoms with Crippen LogP contribution in [-0.4, -0.2) is 34.8 Å². The number of nitrogens with zero attached hydrogens (tertiary/aromatic N) is 3. The molecule has 1 saturated heterocycles. The van der Waals surface area contributed by atoms with Gasteiger partial charge in [0.15, 0.2) is 17.3 Å². The van der Waals surface area contributed by atoms with Crippen LogP contribution in [0.2, 0.25) is 0 Å². The van der Waals surface area contributed by atoms with E-state index in [1.807, 2.05) is 12.1 Å². The van der Waals surface area contributed by atoms with Crippen molar-refractivity contribution in [2.45, 2.75) is 44.2 Å². The number of benzene rings is 1. The van der Waals surface area contributed by atoms with E-state index in [1.165, 1.54) is 18.4 Å². The zero-order valence-corrected chi connectivity index (χ0v) is 13.6. The Morgan fingerprint density at radius 1 is 1.12 bits per heavy atom. The molecular formula is C18H21N3O3. The predicted molar refractivity (Wildman–Crippen MR) is 86.1 cm³/mol. The summed E-state index contributed by atoms with van der Waals surface area (Å²) >= 11 is 0. The van der Waals surface area contributed by atoms with E-state index in [9.17, 15) is 0 Å². The molecule has 2 aromatic rings. The average molecular weight is 327 g/mol. The van der Waals surface area contributed by atoms with Gasteiger partial charge in [0.1, 0.15) is 13.2 Å². The summed E-state index contributed by atoms with van der Waals surface area (Å²) in [6.45, 7) is 3.10. The number of hydrogen-bond acceptors (Lipinski definition) is 6. The van der Waals surface area contributed by atoms with E-state index in [-0.39, 0.29) is 6.04 Å². The highest BCUT2D eigenvalue weighted by atomic mass is 16.6. The molecule has 0 bridgehead atoms. The van der Waals surface area contributed by atoms with Gasteiger partial charge in [-0.25, -0.2) is 0 Å². The first-order valence-corrected chi connectivity index (χ1v) is 8.83. The lowest BCUT2D eigenvalue weighted by Gasteiger charge is -2.25. The fraction of sp³-hybridized carbons (Fsp3) is 0.556. The number of para-hydroxylation sites is 1. The van der Waals surface area contributed by atoms with E-state index in [2.05, 4.69) is 21.1 Å². The minimum absolute atomic E-state index is 0.238. The normalized spacial score (nSPS) is 23.6. The molecule has 3 aliphatic rings. The van der Waals surface area contributed by atoms with Gasteiger partial charge in [0.2, 0.25) is 5.89 Å². The minimum Gasteiger partial charge on any atom is -0.486 e. The van der Waals surface area contributed by atoms with Crippen molar-refractivity contribution in [2.75, 3.05) is 19.8 Å². The summed E-state index contributed by atoms with van der Waals surface area (Å²) in [5.41, 5.74) is 1.17. The molecule has 1 aromatic heterocycles. The highest BCUT2D eigenvalue weighted by Crippen LogP contribution is 2.41. The molecule has 0 amide bonds. The molecule has 3 heterocycles. The van der Waals surface area contributed by atoms with Crippen LogP contribution in [0.1, 0.15) is 54.9 Å². The van der Waals surface area contributed by atoms with Crippen molar-refractivity contribution in [2.24, 2.45) is 0 Å². The van der Waals surface area contributed by atoms with Crippen molar-refractivity contribution < 1.29 is 14.0 Å². The summed E-state index contributed by atoms with van der Waals surface area (Å²) in [5.74, 6) is 3.92. The number of fused-ring (bicyclic) bond motifs is 1. The maximum atomic E-state index is 5.85. The average Bonchev–Trinajstić information content (AvgIpc) is 3.17. The Kier molecular flexibility index (Phi) is 3.43. The zero-order valence-electron chi connectivity index (χ0n) is 13.6. The monoisotopic (exact) mass is 327 g/mol. The second kappa shape index (κ2) is 5.77. The Hall–Kier alpha value is -2.08. The summed E-state index contributed by atoms with van der Waals surface area (Å²) in [5, 5.41) is 4.26. The first kappa shape index (κ1) is 14.3. The number of aromatic nitrogens is 2. The van der Waals surface area contributed by atoms with E-state index in [0.717, 1.165) is 49.1 Å². The molecule has 2 aliphatic heterocycles. The van der Waals surface area contributed by atoms with E-state index < -0.39 is 0 Å². The van der Waals surface area contributed by atoms with Crippen LogP contribution in [0.25, 0.3) is 0 Å². The van der Waals surface area contributed by atoms with E-state index in [4.69, 9.17) is 14.0 Å². The van der Waals surface area contributed by atoms with Gasteiger partial charge in [-0.3, -0.25) is 4.90 Å². The summed E-state index contributed by atoms with van der Waals surface area (Å²) in [6, 6.07) is 6.37. The second-order valence-electron chi connectivity index (χ2n) is 6.83. The first-order valence-electron chi connectivity index (χ1n) is 8.83. The Balaban J connectivity index is 1.37. The largest absolute Gasteiger partial charge is 0.486 e. The highest BCUT2D eigenvalue weighted by Gasteiger charge is 2.34. The molecule has 5 rings (SSSR count). The summed E-state index contributed by atoms with van der Waals surface area (Å²) < 4.78 is 17.0. The Bertz CT molecular complexity index is 741. The Morgan fingerprint density at radius 3 is 2.96 bits per heavy atom. The number of rotatable bonds is 4. The summed E-state index contributed by atoms with van der Waals surface area (Å²) in [7, 11) is 0. The standard InChI is InChI=1S/C18H21N3O3/c1-3-13(16-15(5-1)22-9-10-23-16)11-21-8-2-4-14(21)17-19-18(24-20-17)12-6-7-12/h1,3,5,12,14H,2,4,6-11H2/t14-/m1/s1. The van der Waals surface area contributed by atoms with Gasteiger partial charge in [0.05, 0.1) is 6.04 Å². The van der Waals surface area contributed by atoms with E-state index >= 15 is 0 Å². The molecule has 6 nitrogen and oxygen atoms in total. The molecule has 0 spiro atoms. The number of ether oxygens (including phenoxy) is 2. The third-order valence-corrected chi connectivity index (χ3v) is 5.07. The molecule has 24 heavy (non-hydrogen) atoms. The van der Waals surface area contributed by atoms with Crippen LogP contribution in [0.5, 0.6) is 11.5 Å². The lowest BCUT2D eigenvalue weighted by Crippen LogP contribution is -2.25. The van der Waals surface area contributed by atoms with Crippen molar-refractivity contribution in [1.82, 2.24) is 15.0 Å². The van der Waals surface area contributed by atoms with Gasteiger partial charge < -0.3 is 14.0 Å². The molecule has 1 atom stereocenters. The van der Waals surface area contributed by atoms with Crippen LogP contribution < -0.4 is 9.47 Å². The maximum absolute atomic E-state index is 5.85. The third-order valence-electron chi connectivity index (χ3n) is 5.07. The van der Waals surface area contributed by atoms with Gasteiger partial charge in [-0.05, 0) is 38.3 Å². The van der Waals surface area contributed by atoms with Crippen LogP contribution in [-0.2, 0) is 6.54 Å². The summed E-state index contributed by atoms with van der Waals surface area (Å²) in [4.78, 5) is 7.08. The fourth-order valence-corrected chi connectivity index (χ4v) is 3.66. The smallest absolute Gasteiger partial charge is 0.229 e. The molecule has 2 fully saturated rings. The molecule has 0 radical (unpaired) electrons. The first-order chi connectivity index (χ1) is 11.9. The van der Waals surface area contributed by atoms with Crippen LogP contribution >= 0.6 is 0 Å². The highest BCUT2D eigenvalue weighted by molar-refractivity contribution is 5.47. The van der Waals surface area contributed by atoms with Crippen molar-refractivity contribution in [3.8, 4) is 11.5 Å². The van der Waals surface area contributed by atoms with Gasteiger partial charge in [-0.15, -0.1) is 0 Å². The molecule has 1 aliphatic carbocycles. The van der Waals surface area contributed by atoms with Gasteiger partial charge in [-0.1, -0.05) is 17.3 Å². The maximum Gasteiger partial charge on any atom is 0.229 e. The van der Waals surface area contributed by atoms with Crippen LogP contribution in [0, 0.1) is 0 Å². The van der Waals surface area contributed by atoms with Crippen molar-refractivity contribution >= 4 is 0 Å². The van der Waals surface area contributed by atoms with Crippen molar-refractivity contribution in [1.29, 1.82) is 0 Å². The molecular weight excluding hydrogens is 306 g/mol. The second-order valence-corrected chi connectivity index (χ2v) is 6.83. The van der Waals surface area contributed by atoms with Crippen molar-refractivity contribution in [3.05, 3.63) is 35.5 Å². The molecule has 0 unspecified atom stereocenters. The molecule has 1 saturated carbocycles. The lowest BCUT2D eigenvalue weighted by atomic mass is 10.1. The number of hydrogen-bond donors (Lipinski definition) is 0. The predicted octanol–water partition coefficient (Wildman–Crippen LogP) is 3.06. The fourth-order valence-electron chi connectivity index (χ4n) is 3.66. The molecule has 6 heteroatoms. The molecule has 1 aromatic carbocycles. The third kappa shape index (κ3) is 2.55. The van der Waals surface area contributed by atoms with Crippen molar-refractivity contribution in [3.63, 3.8) is 0 Å². The SMILES string of the molecule is c1cc(CN2CCC[C@@H]2c2noc(C3CC3)n2)c2c(c1)OCCO2.